The van der Waals surface area contributed by atoms with Crippen molar-refractivity contribution in [1.29, 1.82) is 0 Å². The van der Waals surface area contributed by atoms with Crippen LogP contribution in [0, 0.1) is 6.92 Å². The molecule has 1 aliphatic carbocycles. The van der Waals surface area contributed by atoms with Crippen LogP contribution in [0.25, 0.3) is 11.4 Å². The van der Waals surface area contributed by atoms with Gasteiger partial charge in [0.25, 0.3) is 0 Å². The van der Waals surface area contributed by atoms with Crippen LogP contribution in [0.1, 0.15) is 45.0 Å². The predicted molar refractivity (Wildman–Crippen MR) is 120 cm³/mol. The average Bonchev–Trinajstić information content (AvgIpc) is 3.38. The molecular formula is C22H25N5O3S. The molecule has 2 amide bonds. The minimum Gasteiger partial charge on any atom is -0.465 e. The van der Waals surface area contributed by atoms with Gasteiger partial charge in [0.2, 0.25) is 0 Å². The Morgan fingerprint density at radius 3 is 2.74 bits per heavy atom. The number of carbonyl (C=O) groups excluding carboxylic acids is 2. The number of thiophene rings is 1. The summed E-state index contributed by atoms with van der Waals surface area (Å²) in [5.74, 6) is 0.920. The van der Waals surface area contributed by atoms with E-state index in [0.29, 0.717) is 35.2 Å². The monoisotopic (exact) mass is 439 g/mol. The van der Waals surface area contributed by atoms with E-state index < -0.39 is 5.97 Å². The summed E-state index contributed by atoms with van der Waals surface area (Å²) in [6.07, 6.45) is 4.43. The van der Waals surface area contributed by atoms with E-state index in [1.165, 1.54) is 24.0 Å². The lowest BCUT2D eigenvalue weighted by atomic mass is 9.95. The van der Waals surface area contributed by atoms with Crippen LogP contribution in [-0.4, -0.2) is 40.8 Å². The van der Waals surface area contributed by atoms with Crippen LogP contribution < -0.4 is 10.6 Å². The molecule has 0 atom stereocenters. The van der Waals surface area contributed by atoms with Crippen molar-refractivity contribution in [2.45, 2.75) is 39.0 Å². The molecule has 0 fully saturated rings. The number of fused-ring (bicyclic) bond motifs is 1. The zero-order valence-electron chi connectivity index (χ0n) is 17.6. The number of hydrogen-bond donors (Lipinski definition) is 3. The number of methoxy groups -OCH3 is 1. The molecule has 9 heteroatoms. The molecule has 2 aromatic heterocycles. The van der Waals surface area contributed by atoms with Gasteiger partial charge >= 0.3 is 12.0 Å². The largest absolute Gasteiger partial charge is 0.465 e. The fraction of sp³-hybridized carbons (Fsp3) is 0.364. The first kappa shape index (κ1) is 21.0. The van der Waals surface area contributed by atoms with Crippen molar-refractivity contribution in [3.63, 3.8) is 0 Å². The first-order valence-corrected chi connectivity index (χ1v) is 11.1. The Hall–Kier alpha value is -3.20. The quantitative estimate of drug-likeness (QED) is 0.505. The van der Waals surface area contributed by atoms with E-state index in [-0.39, 0.29) is 6.03 Å². The molecule has 162 valence electrons. The van der Waals surface area contributed by atoms with Crippen molar-refractivity contribution in [2.24, 2.45) is 0 Å². The third kappa shape index (κ3) is 4.77. The fourth-order valence-electron chi connectivity index (χ4n) is 3.65. The summed E-state index contributed by atoms with van der Waals surface area (Å²) in [4.78, 5) is 30.3. The number of anilines is 1. The van der Waals surface area contributed by atoms with Gasteiger partial charge in [-0.25, -0.2) is 14.6 Å². The summed E-state index contributed by atoms with van der Waals surface area (Å²) in [6.45, 7) is 2.41. The second-order valence-electron chi connectivity index (χ2n) is 7.51. The van der Waals surface area contributed by atoms with Crippen molar-refractivity contribution in [3.05, 3.63) is 51.7 Å². The molecule has 31 heavy (non-hydrogen) atoms. The van der Waals surface area contributed by atoms with E-state index in [9.17, 15) is 9.59 Å². The molecule has 2 heterocycles. The summed E-state index contributed by atoms with van der Waals surface area (Å²) in [5.41, 5.74) is 3.63. The summed E-state index contributed by atoms with van der Waals surface area (Å²) in [6, 6.07) is 7.63. The van der Waals surface area contributed by atoms with E-state index in [0.717, 1.165) is 41.7 Å². The molecular weight excluding hydrogens is 414 g/mol. The lowest BCUT2D eigenvalue weighted by Crippen LogP contribution is -2.31. The highest BCUT2D eigenvalue weighted by molar-refractivity contribution is 7.17. The fourth-order valence-corrected chi connectivity index (χ4v) is 4.92. The summed E-state index contributed by atoms with van der Waals surface area (Å²) in [7, 11) is 1.36. The Morgan fingerprint density at radius 1 is 1.19 bits per heavy atom. The van der Waals surface area contributed by atoms with Crippen molar-refractivity contribution in [2.75, 3.05) is 19.0 Å². The maximum Gasteiger partial charge on any atom is 0.341 e. The van der Waals surface area contributed by atoms with Crippen LogP contribution in [0.15, 0.2) is 24.3 Å². The van der Waals surface area contributed by atoms with Gasteiger partial charge in [-0.05, 0) is 38.2 Å². The van der Waals surface area contributed by atoms with Gasteiger partial charge < -0.3 is 10.1 Å². The molecule has 8 nitrogen and oxygen atoms in total. The van der Waals surface area contributed by atoms with Gasteiger partial charge in [-0.1, -0.05) is 29.8 Å². The summed E-state index contributed by atoms with van der Waals surface area (Å²) >= 11 is 1.46. The molecule has 0 saturated carbocycles. The van der Waals surface area contributed by atoms with E-state index in [1.54, 1.807) is 0 Å². The third-order valence-corrected chi connectivity index (χ3v) is 6.48. The van der Waals surface area contributed by atoms with Gasteiger partial charge in [0, 0.05) is 23.4 Å². The van der Waals surface area contributed by atoms with Gasteiger partial charge in [0.1, 0.15) is 10.8 Å². The number of H-pyrrole nitrogens is 1. The van der Waals surface area contributed by atoms with Crippen molar-refractivity contribution in [1.82, 2.24) is 20.5 Å². The topological polar surface area (TPSA) is 109 Å². The minimum absolute atomic E-state index is 0.359. The first-order chi connectivity index (χ1) is 15.0. The van der Waals surface area contributed by atoms with Gasteiger partial charge in [0.05, 0.1) is 12.7 Å². The van der Waals surface area contributed by atoms with Crippen molar-refractivity contribution in [3.8, 4) is 11.4 Å². The normalized spacial score (nSPS) is 12.8. The molecule has 0 bridgehead atoms. The number of benzene rings is 1. The second kappa shape index (κ2) is 9.30. The molecule has 0 radical (unpaired) electrons. The average molecular weight is 440 g/mol. The van der Waals surface area contributed by atoms with E-state index in [4.69, 9.17) is 4.74 Å². The van der Waals surface area contributed by atoms with Crippen LogP contribution in [0.5, 0.6) is 0 Å². The van der Waals surface area contributed by atoms with Crippen LogP contribution in [-0.2, 0) is 24.0 Å². The Labute approximate surface area is 184 Å². The molecule has 1 aliphatic rings. The smallest absolute Gasteiger partial charge is 0.341 e. The summed E-state index contributed by atoms with van der Waals surface area (Å²) in [5, 5.41) is 13.4. The Balaban J connectivity index is 1.35. The van der Waals surface area contributed by atoms with E-state index in [1.807, 2.05) is 31.2 Å². The number of carbonyl (C=O) groups is 2. The van der Waals surface area contributed by atoms with Gasteiger partial charge in [-0.15, -0.1) is 11.3 Å². The van der Waals surface area contributed by atoms with Gasteiger partial charge in [-0.2, -0.15) is 5.10 Å². The molecule has 3 aromatic rings. The molecule has 1 aromatic carbocycles. The van der Waals surface area contributed by atoms with E-state index in [2.05, 4.69) is 25.8 Å². The Morgan fingerprint density at radius 2 is 1.97 bits per heavy atom. The number of aryl methyl sites for hydroxylation is 2. The Bertz CT molecular complexity index is 1090. The standard InChI is InChI=1S/C22H25N5O3S/c1-13-7-9-14(10-8-13)19-24-17(26-27-19)11-12-23-22(29)25-20-18(21(28)30-2)15-5-3-4-6-16(15)31-20/h7-10H,3-6,11-12H2,1-2H3,(H2,23,25,29)(H,24,26,27). The van der Waals surface area contributed by atoms with Crippen molar-refractivity contribution >= 4 is 28.3 Å². The number of ether oxygens (including phenoxy) is 1. The lowest BCUT2D eigenvalue weighted by Gasteiger charge is -2.11. The number of nitrogens with zero attached hydrogens (tertiary/aromatic N) is 2. The highest BCUT2D eigenvalue weighted by atomic mass is 32.1. The second-order valence-corrected chi connectivity index (χ2v) is 8.61. The number of amides is 2. The minimum atomic E-state index is -0.403. The van der Waals surface area contributed by atoms with Crippen LogP contribution in [0.2, 0.25) is 0 Å². The molecule has 3 N–H and O–H groups in total. The zero-order valence-corrected chi connectivity index (χ0v) is 18.4. The molecule has 0 aliphatic heterocycles. The number of urea groups is 1. The summed E-state index contributed by atoms with van der Waals surface area (Å²) < 4.78 is 4.94. The van der Waals surface area contributed by atoms with Gasteiger partial charge in [0.15, 0.2) is 5.82 Å². The molecule has 4 rings (SSSR count). The van der Waals surface area contributed by atoms with Gasteiger partial charge in [-0.3, -0.25) is 10.4 Å². The predicted octanol–water partition coefficient (Wildman–Crippen LogP) is 3.87. The lowest BCUT2D eigenvalue weighted by molar-refractivity contribution is 0.0601. The molecule has 0 saturated heterocycles. The Kier molecular flexibility index (Phi) is 6.31. The van der Waals surface area contributed by atoms with Crippen LogP contribution >= 0.6 is 11.3 Å². The number of nitrogens with one attached hydrogen (secondary N) is 3. The number of hydrogen-bond acceptors (Lipinski definition) is 6. The maximum absolute atomic E-state index is 12.4. The van der Waals surface area contributed by atoms with Crippen molar-refractivity contribution < 1.29 is 14.3 Å². The highest BCUT2D eigenvalue weighted by Crippen LogP contribution is 2.38. The number of aromatic amines is 1. The maximum atomic E-state index is 12.4. The van der Waals surface area contributed by atoms with E-state index >= 15 is 0 Å². The first-order valence-electron chi connectivity index (χ1n) is 10.3. The third-order valence-electron chi connectivity index (χ3n) is 5.28. The zero-order chi connectivity index (χ0) is 21.8. The molecule has 0 spiro atoms. The number of rotatable bonds is 6. The SMILES string of the molecule is COC(=O)c1c(NC(=O)NCCc2nc(-c3ccc(C)cc3)n[nH]2)sc2c1CCCC2. The number of esters is 1. The highest BCUT2D eigenvalue weighted by Gasteiger charge is 2.26. The molecule has 0 unspecified atom stereocenters. The van der Waals surface area contributed by atoms with Crippen LogP contribution in [0.4, 0.5) is 9.80 Å². The number of aromatic nitrogens is 3. The van der Waals surface area contributed by atoms with Crippen LogP contribution in [0.3, 0.4) is 0 Å².